The van der Waals surface area contributed by atoms with Gasteiger partial charge in [0.05, 0.1) is 18.2 Å². The van der Waals surface area contributed by atoms with Crippen molar-refractivity contribution in [3.63, 3.8) is 0 Å². The molecule has 3 unspecified atom stereocenters. The van der Waals surface area contributed by atoms with Crippen LogP contribution >= 0.6 is 0 Å². The monoisotopic (exact) mass is 611 g/mol. The topological polar surface area (TPSA) is 102 Å². The van der Waals surface area contributed by atoms with Gasteiger partial charge in [-0.15, -0.1) is 0 Å². The number of fused-ring (bicyclic) bond motifs is 7. The summed E-state index contributed by atoms with van der Waals surface area (Å²) in [7, 11) is 1.57. The zero-order chi connectivity index (χ0) is 32.3. The van der Waals surface area contributed by atoms with Gasteiger partial charge in [0, 0.05) is 18.3 Å². The highest BCUT2D eigenvalue weighted by Crippen LogP contribution is 2.75. The summed E-state index contributed by atoms with van der Waals surface area (Å²) in [6, 6.07) is 0. The van der Waals surface area contributed by atoms with Crippen molar-refractivity contribution >= 4 is 23.6 Å². The number of esters is 1. The number of carbonyl (C=O) groups excluding carboxylic acids is 2. The van der Waals surface area contributed by atoms with Crippen molar-refractivity contribution in [2.24, 2.45) is 55.4 Å². The van der Waals surface area contributed by atoms with E-state index < -0.39 is 5.97 Å². The Hall–Kier alpha value is -2.18. The van der Waals surface area contributed by atoms with Gasteiger partial charge in [0.2, 0.25) is 0 Å². The van der Waals surface area contributed by atoms with Gasteiger partial charge in [-0.25, -0.2) is 4.79 Å². The summed E-state index contributed by atoms with van der Waals surface area (Å²) in [5.41, 5.74) is 2.49. The average molecular weight is 612 g/mol. The fourth-order valence-electron chi connectivity index (χ4n) is 11.5. The van der Waals surface area contributed by atoms with Gasteiger partial charge in [-0.1, -0.05) is 65.3 Å². The summed E-state index contributed by atoms with van der Waals surface area (Å²) in [5.74, 6) is -0.00941. The smallest absolute Gasteiger partial charge is 0.335 e. The second-order valence-corrected chi connectivity index (χ2v) is 17.2. The molecular weight excluding hydrogens is 554 g/mol. The van der Waals surface area contributed by atoms with Crippen LogP contribution < -0.4 is 0 Å². The molecule has 0 amide bonds. The molecule has 0 saturated heterocycles. The summed E-state index contributed by atoms with van der Waals surface area (Å²) in [4.78, 5) is 42.1. The van der Waals surface area contributed by atoms with E-state index in [2.05, 4.69) is 59.7 Å². The molecule has 0 aromatic carbocycles. The van der Waals surface area contributed by atoms with Crippen LogP contribution in [-0.4, -0.2) is 35.8 Å². The summed E-state index contributed by atoms with van der Waals surface area (Å²) in [6.07, 6.45) is 14.0. The van der Waals surface area contributed by atoms with E-state index in [1.165, 1.54) is 0 Å². The van der Waals surface area contributed by atoms with E-state index in [0.29, 0.717) is 24.7 Å². The van der Waals surface area contributed by atoms with Gasteiger partial charge in [-0.3, -0.25) is 9.59 Å². The lowest BCUT2D eigenvalue weighted by molar-refractivity contribution is -0.181. The summed E-state index contributed by atoms with van der Waals surface area (Å²) in [5, 5.41) is 13.3. The Labute approximate surface area is 265 Å². The lowest BCUT2D eigenvalue weighted by atomic mass is 9.33. The fourth-order valence-corrected chi connectivity index (χ4v) is 11.5. The third-order valence-electron chi connectivity index (χ3n) is 14.3. The molecule has 246 valence electrons. The summed E-state index contributed by atoms with van der Waals surface area (Å²) < 4.78 is 5.52. The zero-order valence-corrected chi connectivity index (χ0v) is 28.6. The number of aliphatic carboxylic acids is 1. The van der Waals surface area contributed by atoms with Gasteiger partial charge in [0.25, 0.3) is 0 Å². The minimum absolute atomic E-state index is 0.00528. The first-order chi connectivity index (χ1) is 20.5. The molecule has 1 N–H and O–H groups in total. The Bertz CT molecular complexity index is 1250. The minimum atomic E-state index is -0.844. The Morgan fingerprint density at radius 3 is 2.27 bits per heavy atom. The van der Waals surface area contributed by atoms with Crippen molar-refractivity contribution in [2.45, 2.75) is 138 Å². The molecule has 7 atom stereocenters. The Morgan fingerprint density at radius 1 is 0.909 bits per heavy atom. The maximum Gasteiger partial charge on any atom is 0.335 e. The van der Waals surface area contributed by atoms with E-state index >= 15 is 0 Å². The lowest BCUT2D eigenvalue weighted by Crippen LogP contribution is -2.64. The van der Waals surface area contributed by atoms with Crippen LogP contribution in [0.4, 0.5) is 0 Å². The van der Waals surface area contributed by atoms with Crippen LogP contribution in [0, 0.1) is 50.2 Å². The molecule has 5 aliphatic carbocycles. The first-order valence-electron chi connectivity index (χ1n) is 17.2. The lowest BCUT2D eigenvalue weighted by Gasteiger charge is -2.70. The molecule has 4 fully saturated rings. The Kier molecular flexibility index (Phi) is 8.49. The van der Waals surface area contributed by atoms with E-state index in [1.54, 1.807) is 12.7 Å². The Morgan fingerprint density at radius 2 is 1.59 bits per heavy atom. The SMILES string of the molecule is COC(=O)[C@]12CCC(C)(C)CC1C1=CCC3[C@@]4(C)CC/C(=N\OC(=O)CCCCC(=O)O)C(C)(C)C4CC[C@@]3(C)[C@]1(C)CC2. The highest BCUT2D eigenvalue weighted by Gasteiger charge is 2.69. The number of carboxylic acids is 1. The van der Waals surface area contributed by atoms with Gasteiger partial charge in [-0.05, 0) is 116 Å². The summed E-state index contributed by atoms with van der Waals surface area (Å²) in [6.45, 7) is 17.0. The number of allylic oxidation sites excluding steroid dienone is 2. The fraction of sp³-hybridized carbons (Fsp3) is 0.838. The first-order valence-corrected chi connectivity index (χ1v) is 17.2. The second kappa shape index (κ2) is 11.3. The van der Waals surface area contributed by atoms with Crippen LogP contribution in [0.1, 0.15) is 138 Å². The van der Waals surface area contributed by atoms with Gasteiger partial charge < -0.3 is 14.7 Å². The number of hydrogen-bond donors (Lipinski definition) is 1. The van der Waals surface area contributed by atoms with E-state index in [-0.39, 0.29) is 63.2 Å². The molecule has 7 heteroatoms. The highest BCUT2D eigenvalue weighted by molar-refractivity contribution is 5.91. The normalized spacial score (nSPS) is 41.2. The van der Waals surface area contributed by atoms with E-state index in [9.17, 15) is 14.4 Å². The van der Waals surface area contributed by atoms with Gasteiger partial charge in [0.1, 0.15) is 0 Å². The second-order valence-electron chi connectivity index (χ2n) is 17.2. The highest BCUT2D eigenvalue weighted by atomic mass is 16.7. The van der Waals surface area contributed by atoms with Gasteiger partial charge in [0.15, 0.2) is 0 Å². The maximum absolute atomic E-state index is 13.5. The zero-order valence-electron chi connectivity index (χ0n) is 28.6. The summed E-state index contributed by atoms with van der Waals surface area (Å²) >= 11 is 0. The molecule has 0 aromatic rings. The first kappa shape index (κ1) is 33.2. The Balaban J connectivity index is 1.40. The molecule has 44 heavy (non-hydrogen) atoms. The van der Waals surface area contributed by atoms with Crippen LogP contribution in [0.5, 0.6) is 0 Å². The molecule has 4 saturated carbocycles. The van der Waals surface area contributed by atoms with E-state index in [4.69, 9.17) is 14.7 Å². The molecule has 0 radical (unpaired) electrons. The van der Waals surface area contributed by atoms with Crippen molar-refractivity contribution < 1.29 is 29.1 Å². The number of oxime groups is 1. The van der Waals surface area contributed by atoms with E-state index in [0.717, 1.165) is 69.9 Å². The van der Waals surface area contributed by atoms with Crippen molar-refractivity contribution in [1.29, 1.82) is 0 Å². The van der Waals surface area contributed by atoms with Crippen molar-refractivity contribution in [2.75, 3.05) is 7.11 Å². The van der Waals surface area contributed by atoms with Gasteiger partial charge in [-0.2, -0.15) is 0 Å². The number of ether oxygens (including phenoxy) is 1. The standard InChI is InChI=1S/C37H57NO6/c1-32(2)19-21-37(31(42)43-8)22-20-35(6)24(25(37)23-32)13-14-27-34(5)17-16-28(33(3,4)26(34)15-18-36(27,35)7)38-44-30(41)12-10-9-11-29(39)40/h13,25-27H,9-12,14-23H2,1-8H3,(H,39,40)/b38-28+/t25?,26?,27?,34-,35+,36+,37-/m0/s1. The molecule has 0 bridgehead atoms. The third kappa shape index (κ3) is 5.07. The van der Waals surface area contributed by atoms with Crippen LogP contribution in [0.2, 0.25) is 0 Å². The van der Waals surface area contributed by atoms with Crippen molar-refractivity contribution in [3.8, 4) is 0 Å². The molecule has 0 aliphatic heterocycles. The number of nitrogens with zero attached hydrogens (tertiary/aromatic N) is 1. The number of carboxylic acid groups (broad SMARTS) is 1. The largest absolute Gasteiger partial charge is 0.481 e. The number of hydrogen-bond acceptors (Lipinski definition) is 6. The number of rotatable bonds is 7. The number of methoxy groups -OCH3 is 1. The predicted molar refractivity (Wildman–Crippen MR) is 171 cm³/mol. The molecule has 5 rings (SSSR count). The molecule has 5 aliphatic rings. The molecule has 0 heterocycles. The predicted octanol–water partition coefficient (Wildman–Crippen LogP) is 8.51. The minimum Gasteiger partial charge on any atom is -0.481 e. The number of unbranched alkanes of at least 4 members (excludes halogenated alkanes) is 1. The maximum atomic E-state index is 13.5. The molecule has 0 aromatic heterocycles. The van der Waals surface area contributed by atoms with Gasteiger partial charge >= 0.3 is 17.9 Å². The van der Waals surface area contributed by atoms with Crippen LogP contribution in [0.3, 0.4) is 0 Å². The van der Waals surface area contributed by atoms with Crippen LogP contribution in [0.15, 0.2) is 16.8 Å². The number of carbonyl (C=O) groups is 3. The van der Waals surface area contributed by atoms with Crippen LogP contribution in [0.25, 0.3) is 0 Å². The average Bonchev–Trinajstić information content (AvgIpc) is 2.94. The molecule has 0 spiro atoms. The quantitative estimate of drug-likeness (QED) is 0.102. The van der Waals surface area contributed by atoms with Crippen molar-refractivity contribution in [1.82, 2.24) is 0 Å². The van der Waals surface area contributed by atoms with E-state index in [1.807, 2.05) is 0 Å². The third-order valence-corrected chi connectivity index (χ3v) is 14.3. The molecule has 7 nitrogen and oxygen atoms in total. The molecular formula is C37H57NO6. The van der Waals surface area contributed by atoms with Crippen molar-refractivity contribution in [3.05, 3.63) is 11.6 Å². The van der Waals surface area contributed by atoms with Crippen LogP contribution in [-0.2, 0) is 24.0 Å².